The van der Waals surface area contributed by atoms with Gasteiger partial charge in [0.2, 0.25) is 0 Å². The molecule has 0 unspecified atom stereocenters. The Hall–Kier alpha value is -0.870. The molecule has 0 fully saturated rings. The molecule has 0 saturated carbocycles. The first-order valence-corrected chi connectivity index (χ1v) is 6.42. The number of rotatable bonds is 1. The summed E-state index contributed by atoms with van der Waals surface area (Å²) in [5.74, 6) is 0. The van der Waals surface area contributed by atoms with Gasteiger partial charge in [0, 0.05) is 11.6 Å². The van der Waals surface area contributed by atoms with Crippen LogP contribution in [0.1, 0.15) is 37.7 Å². The number of imidazole rings is 1. The first-order chi connectivity index (χ1) is 7.84. The van der Waals surface area contributed by atoms with Gasteiger partial charge >= 0.3 is 0 Å². The average Bonchev–Trinajstić information content (AvgIpc) is 2.55. The molecule has 0 amide bonds. The zero-order chi connectivity index (χ0) is 12.8. The third-order valence-corrected chi connectivity index (χ3v) is 3.35. The minimum absolute atomic E-state index is 0.00363. The van der Waals surface area contributed by atoms with E-state index in [4.69, 9.17) is 0 Å². The first kappa shape index (κ1) is 12.6. The van der Waals surface area contributed by atoms with Gasteiger partial charge in [0.25, 0.3) is 0 Å². The number of aliphatic hydroxyl groups is 1. The molecule has 2 heterocycles. The number of pyridine rings is 1. The van der Waals surface area contributed by atoms with Crippen LogP contribution in [0.2, 0.25) is 0 Å². The molecule has 2 aromatic heterocycles. The lowest BCUT2D eigenvalue weighted by Gasteiger charge is -2.16. The Balaban J connectivity index is 2.85. The maximum Gasteiger partial charge on any atom is 0.151 e. The van der Waals surface area contributed by atoms with E-state index in [0.29, 0.717) is 0 Å². The maximum absolute atomic E-state index is 9.57. The predicted molar refractivity (Wildman–Crippen MR) is 72.3 cm³/mol. The Morgan fingerprint density at radius 1 is 1.41 bits per heavy atom. The third kappa shape index (κ3) is 2.11. The zero-order valence-corrected chi connectivity index (χ0v) is 12.2. The van der Waals surface area contributed by atoms with E-state index in [9.17, 15) is 5.11 Å². The summed E-state index contributed by atoms with van der Waals surface area (Å²) in [6, 6.07) is 2.04. The second kappa shape index (κ2) is 4.10. The summed E-state index contributed by atoms with van der Waals surface area (Å²) in [5, 5.41) is 9.57. The summed E-state index contributed by atoms with van der Waals surface area (Å²) < 4.78 is 2.93. The minimum atomic E-state index is -0.0720. The second-order valence-electron chi connectivity index (χ2n) is 5.37. The standard InChI is InChI=1S/C13H17BrN2O/c1-8-5-9(14)12-15-11(13(2,3)4)10(7-17)16(12)6-8/h5-6,17H,7H2,1-4H3. The number of fused-ring (bicyclic) bond motifs is 1. The van der Waals surface area contributed by atoms with Gasteiger partial charge in [-0.05, 0) is 34.5 Å². The lowest BCUT2D eigenvalue weighted by molar-refractivity contribution is 0.272. The molecular formula is C13H17BrN2O. The molecule has 0 radical (unpaired) electrons. The van der Waals surface area contributed by atoms with Crippen LogP contribution in [0.15, 0.2) is 16.7 Å². The molecule has 0 aliphatic carbocycles. The van der Waals surface area contributed by atoms with Crippen LogP contribution in [0, 0.1) is 6.92 Å². The SMILES string of the molecule is Cc1cc(Br)c2nc(C(C)(C)C)c(CO)n2c1. The van der Waals surface area contributed by atoms with E-state index in [1.165, 1.54) is 0 Å². The van der Waals surface area contributed by atoms with Crippen molar-refractivity contribution >= 4 is 21.6 Å². The third-order valence-electron chi connectivity index (χ3n) is 2.77. The maximum atomic E-state index is 9.57. The number of halogens is 1. The van der Waals surface area contributed by atoms with E-state index in [2.05, 4.69) is 41.7 Å². The number of aliphatic hydroxyl groups excluding tert-OH is 1. The fourth-order valence-electron chi connectivity index (χ4n) is 2.03. The molecule has 92 valence electrons. The fourth-order valence-corrected chi connectivity index (χ4v) is 2.67. The Morgan fingerprint density at radius 3 is 2.59 bits per heavy atom. The molecule has 0 atom stereocenters. The lowest BCUT2D eigenvalue weighted by Crippen LogP contribution is -2.14. The Bertz CT molecular complexity index is 567. The summed E-state index contributed by atoms with van der Waals surface area (Å²) in [4.78, 5) is 4.65. The Morgan fingerprint density at radius 2 is 2.06 bits per heavy atom. The molecule has 3 nitrogen and oxygen atoms in total. The number of nitrogens with zero attached hydrogens (tertiary/aromatic N) is 2. The van der Waals surface area contributed by atoms with Crippen molar-refractivity contribution in [3.8, 4) is 0 Å². The number of hydrogen-bond acceptors (Lipinski definition) is 2. The lowest BCUT2D eigenvalue weighted by atomic mass is 9.91. The van der Waals surface area contributed by atoms with Crippen LogP contribution in [0.3, 0.4) is 0 Å². The van der Waals surface area contributed by atoms with Gasteiger partial charge in [-0.25, -0.2) is 4.98 Å². The van der Waals surface area contributed by atoms with Crippen molar-refractivity contribution in [2.75, 3.05) is 0 Å². The summed E-state index contributed by atoms with van der Waals surface area (Å²) in [5.41, 5.74) is 3.75. The highest BCUT2D eigenvalue weighted by molar-refractivity contribution is 9.10. The molecule has 0 bridgehead atoms. The van der Waals surface area contributed by atoms with Crippen LogP contribution in [-0.4, -0.2) is 14.5 Å². The van der Waals surface area contributed by atoms with Crippen molar-refractivity contribution in [3.63, 3.8) is 0 Å². The molecular weight excluding hydrogens is 280 g/mol. The largest absolute Gasteiger partial charge is 0.390 e. The van der Waals surface area contributed by atoms with Crippen LogP contribution < -0.4 is 0 Å². The molecule has 0 spiro atoms. The molecule has 0 aliphatic rings. The smallest absolute Gasteiger partial charge is 0.151 e. The number of aryl methyl sites for hydroxylation is 1. The van der Waals surface area contributed by atoms with Crippen LogP contribution in [0.4, 0.5) is 0 Å². The van der Waals surface area contributed by atoms with Crippen LogP contribution in [0.25, 0.3) is 5.65 Å². The quantitative estimate of drug-likeness (QED) is 0.877. The van der Waals surface area contributed by atoms with Crippen molar-refractivity contribution < 1.29 is 5.11 Å². The molecule has 0 saturated heterocycles. The number of hydrogen-bond donors (Lipinski definition) is 1. The molecule has 4 heteroatoms. The van der Waals surface area contributed by atoms with Gasteiger partial charge in [0.05, 0.1) is 22.5 Å². The fraction of sp³-hybridized carbons (Fsp3) is 0.462. The number of aromatic nitrogens is 2. The predicted octanol–water partition coefficient (Wildman–Crippen LogP) is 3.20. The van der Waals surface area contributed by atoms with E-state index in [0.717, 1.165) is 27.1 Å². The van der Waals surface area contributed by atoms with Crippen LogP contribution in [-0.2, 0) is 12.0 Å². The highest BCUT2D eigenvalue weighted by Gasteiger charge is 2.24. The monoisotopic (exact) mass is 296 g/mol. The van der Waals surface area contributed by atoms with E-state index >= 15 is 0 Å². The molecule has 17 heavy (non-hydrogen) atoms. The van der Waals surface area contributed by atoms with E-state index in [-0.39, 0.29) is 12.0 Å². The molecule has 0 aliphatic heterocycles. The van der Waals surface area contributed by atoms with Gasteiger partial charge < -0.3 is 9.51 Å². The van der Waals surface area contributed by atoms with Gasteiger partial charge in [0.15, 0.2) is 5.65 Å². The summed E-state index contributed by atoms with van der Waals surface area (Å²) in [6.07, 6.45) is 2.01. The summed E-state index contributed by atoms with van der Waals surface area (Å²) in [7, 11) is 0. The normalized spacial score (nSPS) is 12.4. The molecule has 2 rings (SSSR count). The Labute approximate surface area is 110 Å². The Kier molecular flexibility index (Phi) is 3.04. The van der Waals surface area contributed by atoms with Crippen LogP contribution in [0.5, 0.6) is 0 Å². The molecule has 0 aromatic carbocycles. The van der Waals surface area contributed by atoms with Crippen molar-refractivity contribution in [2.24, 2.45) is 0 Å². The van der Waals surface area contributed by atoms with Gasteiger partial charge in [-0.3, -0.25) is 0 Å². The van der Waals surface area contributed by atoms with E-state index < -0.39 is 0 Å². The van der Waals surface area contributed by atoms with Gasteiger partial charge in [-0.2, -0.15) is 0 Å². The average molecular weight is 297 g/mol. The highest BCUT2D eigenvalue weighted by Crippen LogP contribution is 2.29. The van der Waals surface area contributed by atoms with E-state index in [1.807, 2.05) is 23.6 Å². The zero-order valence-electron chi connectivity index (χ0n) is 10.6. The van der Waals surface area contributed by atoms with Crippen molar-refractivity contribution in [2.45, 2.75) is 39.7 Å². The highest BCUT2D eigenvalue weighted by atomic mass is 79.9. The molecule has 2 aromatic rings. The topological polar surface area (TPSA) is 37.5 Å². The van der Waals surface area contributed by atoms with Gasteiger partial charge in [-0.1, -0.05) is 20.8 Å². The minimum Gasteiger partial charge on any atom is -0.390 e. The van der Waals surface area contributed by atoms with Gasteiger partial charge in [-0.15, -0.1) is 0 Å². The summed E-state index contributed by atoms with van der Waals surface area (Å²) in [6.45, 7) is 8.35. The van der Waals surface area contributed by atoms with Crippen LogP contribution >= 0.6 is 15.9 Å². The second-order valence-corrected chi connectivity index (χ2v) is 6.23. The van der Waals surface area contributed by atoms with Crippen molar-refractivity contribution in [3.05, 3.63) is 33.7 Å². The van der Waals surface area contributed by atoms with Crippen molar-refractivity contribution in [1.82, 2.24) is 9.38 Å². The van der Waals surface area contributed by atoms with Gasteiger partial charge in [0.1, 0.15) is 0 Å². The first-order valence-electron chi connectivity index (χ1n) is 5.63. The van der Waals surface area contributed by atoms with E-state index in [1.54, 1.807) is 0 Å². The van der Waals surface area contributed by atoms with Crippen molar-refractivity contribution in [1.29, 1.82) is 0 Å². The summed E-state index contributed by atoms with van der Waals surface area (Å²) >= 11 is 3.53. The molecule has 1 N–H and O–H groups in total.